The fourth-order valence-electron chi connectivity index (χ4n) is 2.92. The Hall–Kier alpha value is -2.63. The Bertz CT molecular complexity index is 791. The fourth-order valence-corrected chi connectivity index (χ4v) is 2.92. The number of nitrogens with zero attached hydrogens (tertiary/aromatic N) is 3. The zero-order chi connectivity index (χ0) is 20.7. The Morgan fingerprint density at radius 2 is 1.86 bits per heavy atom. The lowest BCUT2D eigenvalue weighted by Gasteiger charge is -2.21. The lowest BCUT2D eigenvalue weighted by Crippen LogP contribution is -2.38. The van der Waals surface area contributed by atoms with Crippen LogP contribution in [0.15, 0.2) is 36.4 Å². The van der Waals surface area contributed by atoms with E-state index in [9.17, 15) is 9.59 Å². The van der Waals surface area contributed by atoms with E-state index in [2.05, 4.69) is 31.2 Å². The molecular formula is C22H32N4O2. The largest absolute Gasteiger partial charge is 0.333 e. The smallest absolute Gasteiger partial charge is 0.245 e. The van der Waals surface area contributed by atoms with E-state index in [4.69, 9.17) is 0 Å². The number of carbonyl (C=O) groups excluding carboxylic acids is 2. The molecule has 0 fully saturated rings. The molecule has 0 bridgehead atoms. The molecule has 152 valence electrons. The molecule has 6 heteroatoms. The number of carbonyl (C=O) groups is 2. The molecule has 1 aromatic heterocycles. The van der Waals surface area contributed by atoms with E-state index in [1.165, 1.54) is 0 Å². The van der Waals surface area contributed by atoms with E-state index < -0.39 is 0 Å². The molecule has 0 radical (unpaired) electrons. The van der Waals surface area contributed by atoms with Gasteiger partial charge in [-0.2, -0.15) is 5.10 Å². The van der Waals surface area contributed by atoms with Gasteiger partial charge in [-0.1, -0.05) is 58.0 Å². The quantitative estimate of drug-likeness (QED) is 0.757. The summed E-state index contributed by atoms with van der Waals surface area (Å²) in [5.74, 6) is 0.439. The first-order valence-electron chi connectivity index (χ1n) is 9.86. The lowest BCUT2D eigenvalue weighted by molar-refractivity contribution is -0.134. The molecule has 1 aromatic carbocycles. The molecule has 0 aliphatic carbocycles. The predicted octanol–water partition coefficient (Wildman–Crippen LogP) is 3.53. The molecule has 0 spiro atoms. The molecule has 2 rings (SSSR count). The van der Waals surface area contributed by atoms with Crippen molar-refractivity contribution in [2.24, 2.45) is 7.05 Å². The van der Waals surface area contributed by atoms with E-state index in [-0.39, 0.29) is 23.8 Å². The van der Waals surface area contributed by atoms with Crippen molar-refractivity contribution in [3.05, 3.63) is 47.7 Å². The minimum absolute atomic E-state index is 0.00115. The number of aryl methyl sites for hydroxylation is 2. The van der Waals surface area contributed by atoms with Crippen molar-refractivity contribution in [2.75, 3.05) is 18.4 Å². The number of nitrogens with one attached hydrogen (secondary N) is 1. The van der Waals surface area contributed by atoms with Crippen LogP contribution in [0.5, 0.6) is 0 Å². The van der Waals surface area contributed by atoms with Gasteiger partial charge in [-0.15, -0.1) is 0 Å². The molecular weight excluding hydrogens is 352 g/mol. The second kappa shape index (κ2) is 9.53. The van der Waals surface area contributed by atoms with E-state index in [1.54, 1.807) is 16.6 Å². The molecule has 0 atom stereocenters. The first-order valence-corrected chi connectivity index (χ1v) is 9.86. The number of hydrogen-bond acceptors (Lipinski definition) is 3. The van der Waals surface area contributed by atoms with Crippen molar-refractivity contribution < 1.29 is 9.59 Å². The maximum absolute atomic E-state index is 12.6. The summed E-state index contributed by atoms with van der Waals surface area (Å²) in [6.07, 6.45) is 1.89. The van der Waals surface area contributed by atoms with Crippen molar-refractivity contribution in [1.82, 2.24) is 14.7 Å². The zero-order valence-corrected chi connectivity index (χ0v) is 17.7. The zero-order valence-electron chi connectivity index (χ0n) is 17.7. The predicted molar refractivity (Wildman–Crippen MR) is 112 cm³/mol. The molecule has 2 amide bonds. The monoisotopic (exact) mass is 384 g/mol. The highest BCUT2D eigenvalue weighted by atomic mass is 16.2. The molecule has 28 heavy (non-hydrogen) atoms. The average molecular weight is 385 g/mol. The van der Waals surface area contributed by atoms with E-state index in [0.717, 1.165) is 17.7 Å². The molecule has 0 aliphatic rings. The Balaban J connectivity index is 1.96. The Labute approximate surface area is 167 Å². The number of benzene rings is 1. The van der Waals surface area contributed by atoms with Crippen LogP contribution in [0.2, 0.25) is 0 Å². The van der Waals surface area contributed by atoms with Crippen LogP contribution in [0, 0.1) is 0 Å². The van der Waals surface area contributed by atoms with Crippen molar-refractivity contribution in [2.45, 2.75) is 52.4 Å². The van der Waals surface area contributed by atoms with E-state index in [1.807, 2.05) is 43.3 Å². The van der Waals surface area contributed by atoms with Gasteiger partial charge in [-0.05, 0) is 18.4 Å². The average Bonchev–Trinajstić information content (AvgIpc) is 3.01. The van der Waals surface area contributed by atoms with Gasteiger partial charge in [0.25, 0.3) is 0 Å². The summed E-state index contributed by atoms with van der Waals surface area (Å²) >= 11 is 0. The first kappa shape index (κ1) is 21.7. The van der Waals surface area contributed by atoms with Crippen LogP contribution < -0.4 is 5.32 Å². The number of rotatable bonds is 8. The van der Waals surface area contributed by atoms with Crippen LogP contribution >= 0.6 is 0 Å². The summed E-state index contributed by atoms with van der Waals surface area (Å²) in [6.45, 7) is 8.86. The Morgan fingerprint density at radius 3 is 2.43 bits per heavy atom. The molecule has 1 N–H and O–H groups in total. The van der Waals surface area contributed by atoms with Gasteiger partial charge in [0.1, 0.15) is 5.82 Å². The highest BCUT2D eigenvalue weighted by Gasteiger charge is 2.21. The van der Waals surface area contributed by atoms with Crippen LogP contribution in [0.4, 0.5) is 5.82 Å². The number of aromatic nitrogens is 2. The first-order chi connectivity index (χ1) is 13.2. The van der Waals surface area contributed by atoms with Crippen molar-refractivity contribution in [3.63, 3.8) is 0 Å². The molecule has 0 saturated carbocycles. The number of amides is 2. The standard InChI is InChI=1S/C22H32N4O2/c1-6-14-26(21(28)13-12-17-10-8-7-9-11-17)16-20(27)23-19-15-18(22(2,3)4)24-25(19)5/h7-11,15H,6,12-14,16H2,1-5H3,(H,23,27). The normalized spacial score (nSPS) is 11.3. The van der Waals surface area contributed by atoms with E-state index >= 15 is 0 Å². The molecule has 6 nitrogen and oxygen atoms in total. The van der Waals surface area contributed by atoms with Crippen LogP contribution in [-0.4, -0.2) is 39.6 Å². The summed E-state index contributed by atoms with van der Waals surface area (Å²) in [7, 11) is 1.81. The van der Waals surface area contributed by atoms with Gasteiger partial charge in [0.05, 0.1) is 12.2 Å². The Morgan fingerprint density at radius 1 is 1.18 bits per heavy atom. The van der Waals surface area contributed by atoms with Gasteiger partial charge >= 0.3 is 0 Å². The van der Waals surface area contributed by atoms with Gasteiger partial charge in [0.2, 0.25) is 11.8 Å². The SMILES string of the molecule is CCCN(CC(=O)Nc1cc(C(C)(C)C)nn1C)C(=O)CCc1ccccc1. The summed E-state index contributed by atoms with van der Waals surface area (Å²) in [6, 6.07) is 11.8. The highest BCUT2D eigenvalue weighted by Crippen LogP contribution is 2.23. The number of hydrogen-bond donors (Lipinski definition) is 1. The maximum atomic E-state index is 12.6. The molecule has 0 saturated heterocycles. The third kappa shape index (κ3) is 6.22. The number of anilines is 1. The van der Waals surface area contributed by atoms with Gasteiger partial charge in [-0.3, -0.25) is 14.3 Å². The third-order valence-corrected chi connectivity index (χ3v) is 4.57. The summed E-state index contributed by atoms with van der Waals surface area (Å²) in [4.78, 5) is 26.8. The van der Waals surface area contributed by atoms with E-state index in [0.29, 0.717) is 25.2 Å². The highest BCUT2D eigenvalue weighted by molar-refractivity contribution is 5.94. The second-order valence-electron chi connectivity index (χ2n) is 8.14. The van der Waals surface area contributed by atoms with Gasteiger partial charge in [0, 0.05) is 31.5 Å². The minimum atomic E-state index is -0.204. The summed E-state index contributed by atoms with van der Waals surface area (Å²) in [5, 5.41) is 7.36. The van der Waals surface area contributed by atoms with Gasteiger partial charge < -0.3 is 10.2 Å². The van der Waals surface area contributed by atoms with Crippen molar-refractivity contribution >= 4 is 17.6 Å². The molecule has 2 aromatic rings. The van der Waals surface area contributed by atoms with Gasteiger partial charge in [-0.25, -0.2) is 0 Å². The molecule has 0 aliphatic heterocycles. The topological polar surface area (TPSA) is 67.2 Å². The summed E-state index contributed by atoms with van der Waals surface area (Å²) < 4.78 is 1.67. The van der Waals surface area contributed by atoms with Crippen molar-refractivity contribution in [3.8, 4) is 0 Å². The van der Waals surface area contributed by atoms with Gasteiger partial charge in [0.15, 0.2) is 0 Å². The minimum Gasteiger partial charge on any atom is -0.333 e. The fraction of sp³-hybridized carbons (Fsp3) is 0.500. The van der Waals surface area contributed by atoms with Crippen LogP contribution in [0.25, 0.3) is 0 Å². The second-order valence-corrected chi connectivity index (χ2v) is 8.14. The summed E-state index contributed by atoms with van der Waals surface area (Å²) in [5.41, 5.74) is 1.94. The lowest BCUT2D eigenvalue weighted by atomic mass is 9.92. The molecule has 1 heterocycles. The maximum Gasteiger partial charge on any atom is 0.245 e. The van der Waals surface area contributed by atoms with Crippen LogP contribution in [0.3, 0.4) is 0 Å². The van der Waals surface area contributed by atoms with Crippen LogP contribution in [-0.2, 0) is 28.5 Å². The van der Waals surface area contributed by atoms with Crippen LogP contribution in [0.1, 0.15) is 51.8 Å². The van der Waals surface area contributed by atoms with Crippen molar-refractivity contribution in [1.29, 1.82) is 0 Å². The molecule has 0 unspecified atom stereocenters. The third-order valence-electron chi connectivity index (χ3n) is 4.57. The Kier molecular flexibility index (Phi) is 7.38.